The number of hydrogen-bond acceptors (Lipinski definition) is 8. The maximum Gasteiger partial charge on any atom is 0.267 e. The molecule has 0 saturated heterocycles. The number of anilines is 1. The number of likely N-dealkylation sites (N-methyl/N-ethyl adjacent to an activating group) is 1. The second-order valence-electron chi connectivity index (χ2n) is 8.39. The van der Waals surface area contributed by atoms with E-state index in [0.717, 1.165) is 22.4 Å². The zero-order valence-corrected chi connectivity index (χ0v) is 22.0. The molecular weight excluding hydrogens is 468 g/mol. The van der Waals surface area contributed by atoms with Gasteiger partial charge >= 0.3 is 0 Å². The Bertz CT molecular complexity index is 1250. The lowest BCUT2D eigenvalue weighted by atomic mass is 10.1. The van der Waals surface area contributed by atoms with Crippen molar-refractivity contribution in [1.29, 1.82) is 0 Å². The van der Waals surface area contributed by atoms with E-state index in [0.29, 0.717) is 37.1 Å². The average molecular weight is 505 g/mol. The Hall–Kier alpha value is -3.95. The van der Waals surface area contributed by atoms with Crippen LogP contribution in [0.25, 0.3) is 11.3 Å². The smallest absolute Gasteiger partial charge is 0.267 e. The highest BCUT2D eigenvalue weighted by Crippen LogP contribution is 2.18. The van der Waals surface area contributed by atoms with Gasteiger partial charge in [-0.2, -0.15) is 5.10 Å². The second-order valence-corrected chi connectivity index (χ2v) is 8.39. The predicted octanol–water partition coefficient (Wildman–Crippen LogP) is 4.12. The van der Waals surface area contributed by atoms with Crippen molar-refractivity contribution < 1.29 is 9.57 Å². The Morgan fingerprint density at radius 2 is 1.84 bits per heavy atom. The second kappa shape index (κ2) is 14.0. The molecule has 3 aromatic rings. The van der Waals surface area contributed by atoms with E-state index in [9.17, 15) is 4.79 Å². The summed E-state index contributed by atoms with van der Waals surface area (Å²) in [5, 5.41) is 10.7. The van der Waals surface area contributed by atoms with Gasteiger partial charge in [0.1, 0.15) is 0 Å². The van der Waals surface area contributed by atoms with Crippen LogP contribution in [0.15, 0.2) is 82.9 Å². The number of aromatic nitrogens is 2. The molecule has 37 heavy (non-hydrogen) atoms. The fourth-order valence-electron chi connectivity index (χ4n) is 3.52. The lowest BCUT2D eigenvalue weighted by molar-refractivity contribution is 0.0400. The molecule has 0 bridgehead atoms. The van der Waals surface area contributed by atoms with Crippen LogP contribution in [0.1, 0.15) is 38.3 Å². The van der Waals surface area contributed by atoms with Crippen molar-refractivity contribution in [3.63, 3.8) is 0 Å². The maximum atomic E-state index is 12.5. The summed E-state index contributed by atoms with van der Waals surface area (Å²) in [6.45, 7) is 11.5. The fourth-order valence-corrected chi connectivity index (χ4v) is 3.52. The zero-order chi connectivity index (χ0) is 26.6. The van der Waals surface area contributed by atoms with Crippen molar-refractivity contribution in [2.75, 3.05) is 25.5 Å². The average Bonchev–Trinajstić information content (AvgIpc) is 3.35. The number of ether oxygens (including phenoxy) is 1. The topological polar surface area (TPSA) is 102 Å². The number of benzene rings is 2. The van der Waals surface area contributed by atoms with Gasteiger partial charge in [-0.15, -0.1) is 0 Å². The van der Waals surface area contributed by atoms with Gasteiger partial charge in [0.15, 0.2) is 17.9 Å². The Kier molecular flexibility index (Phi) is 10.4. The van der Waals surface area contributed by atoms with Crippen molar-refractivity contribution in [2.24, 2.45) is 4.99 Å². The summed E-state index contributed by atoms with van der Waals surface area (Å²) in [5.41, 5.74) is 6.97. The third kappa shape index (κ3) is 8.03. The standard InChI is InChI=1S/C25H28N6O3.C3H8/c1-4-33-17(2)27-21-7-5-6-18(14-21)16-31-24(32)13-12-22(29-31)19-8-10-20(11-9-19)25-28-23(15-26-3)34-30-25;1-3-2/h5-14,23,26-27H,2,4,15-16H2,1,3H3,(H,28,30);3H2,1-2H3. The van der Waals surface area contributed by atoms with Crippen LogP contribution in [0.5, 0.6) is 0 Å². The number of hydroxylamine groups is 1. The third-order valence-electron chi connectivity index (χ3n) is 5.13. The highest BCUT2D eigenvalue weighted by atomic mass is 16.7. The van der Waals surface area contributed by atoms with Gasteiger partial charge in [0.05, 0.1) is 18.8 Å². The largest absolute Gasteiger partial charge is 0.480 e. The summed E-state index contributed by atoms with van der Waals surface area (Å²) in [6, 6.07) is 18.8. The molecule has 1 atom stereocenters. The van der Waals surface area contributed by atoms with Gasteiger partial charge in [-0.25, -0.2) is 20.0 Å². The quantitative estimate of drug-likeness (QED) is 0.357. The first kappa shape index (κ1) is 27.6. The molecule has 0 radical (unpaired) electrons. The molecule has 0 amide bonds. The summed E-state index contributed by atoms with van der Waals surface area (Å²) >= 11 is 0. The SMILES string of the molecule is C=C(Nc1cccc(Cn2nc(-c3ccc(C4=NC(CNC)ON4)cc3)ccc2=O)c1)OCC.CCC. The van der Waals surface area contributed by atoms with Crippen LogP contribution in [0.3, 0.4) is 0 Å². The van der Waals surface area contributed by atoms with E-state index < -0.39 is 0 Å². The van der Waals surface area contributed by atoms with Crippen LogP contribution in [-0.2, 0) is 16.1 Å². The molecule has 2 heterocycles. The van der Waals surface area contributed by atoms with Gasteiger partial charge in [0.2, 0.25) is 0 Å². The van der Waals surface area contributed by atoms with Crippen molar-refractivity contribution in [2.45, 2.75) is 40.0 Å². The van der Waals surface area contributed by atoms with Gasteiger partial charge in [-0.3, -0.25) is 4.79 Å². The Morgan fingerprint density at radius 3 is 2.54 bits per heavy atom. The van der Waals surface area contributed by atoms with Crippen LogP contribution in [0, 0.1) is 0 Å². The number of hydrogen-bond donors (Lipinski definition) is 3. The van der Waals surface area contributed by atoms with E-state index in [4.69, 9.17) is 9.57 Å². The number of nitrogens with one attached hydrogen (secondary N) is 3. The van der Waals surface area contributed by atoms with Crippen molar-refractivity contribution in [3.05, 3.63) is 94.6 Å². The molecule has 3 N–H and O–H groups in total. The van der Waals surface area contributed by atoms with Gasteiger partial charge in [-0.05, 0) is 44.3 Å². The number of amidine groups is 1. The molecule has 1 unspecified atom stereocenters. The fraction of sp³-hybridized carbons (Fsp3) is 0.321. The van der Waals surface area contributed by atoms with Gasteiger partial charge in [0.25, 0.3) is 5.56 Å². The first-order valence-electron chi connectivity index (χ1n) is 12.5. The number of aliphatic imine (C=N–C) groups is 1. The molecule has 196 valence electrons. The monoisotopic (exact) mass is 504 g/mol. The molecule has 9 nitrogen and oxygen atoms in total. The van der Waals surface area contributed by atoms with Crippen LogP contribution >= 0.6 is 0 Å². The lowest BCUT2D eigenvalue weighted by Crippen LogP contribution is -2.25. The molecule has 0 aliphatic carbocycles. The van der Waals surface area contributed by atoms with Crippen molar-refractivity contribution >= 4 is 11.5 Å². The van der Waals surface area contributed by atoms with Crippen molar-refractivity contribution in [1.82, 2.24) is 20.6 Å². The third-order valence-corrected chi connectivity index (χ3v) is 5.13. The molecule has 0 spiro atoms. The highest BCUT2D eigenvalue weighted by molar-refractivity contribution is 5.99. The molecule has 9 heteroatoms. The van der Waals surface area contributed by atoms with E-state index in [2.05, 4.69) is 46.6 Å². The summed E-state index contributed by atoms with van der Waals surface area (Å²) < 4.78 is 6.81. The molecule has 1 aliphatic heterocycles. The minimum Gasteiger partial charge on any atom is -0.480 e. The number of rotatable bonds is 10. The Morgan fingerprint density at radius 1 is 1.11 bits per heavy atom. The van der Waals surface area contributed by atoms with Crippen LogP contribution < -0.4 is 21.7 Å². The van der Waals surface area contributed by atoms with Crippen molar-refractivity contribution in [3.8, 4) is 11.3 Å². The Labute approximate surface area is 218 Å². The van der Waals surface area contributed by atoms with Gasteiger partial charge in [-0.1, -0.05) is 56.7 Å². The minimum absolute atomic E-state index is 0.172. The summed E-state index contributed by atoms with van der Waals surface area (Å²) in [5.74, 6) is 1.16. The zero-order valence-electron chi connectivity index (χ0n) is 22.0. The highest BCUT2D eigenvalue weighted by Gasteiger charge is 2.18. The van der Waals surface area contributed by atoms with E-state index >= 15 is 0 Å². The van der Waals surface area contributed by atoms with Crippen LogP contribution in [0.4, 0.5) is 5.69 Å². The van der Waals surface area contributed by atoms with Crippen LogP contribution in [-0.4, -0.2) is 42.0 Å². The molecule has 2 aromatic carbocycles. The maximum absolute atomic E-state index is 12.5. The lowest BCUT2D eigenvalue weighted by Gasteiger charge is -2.12. The molecule has 4 rings (SSSR count). The first-order valence-corrected chi connectivity index (χ1v) is 12.5. The Balaban J connectivity index is 0.00000121. The predicted molar refractivity (Wildman–Crippen MR) is 148 cm³/mol. The molecule has 1 aromatic heterocycles. The molecule has 0 saturated carbocycles. The molecular formula is C28H36N6O3. The summed E-state index contributed by atoms with van der Waals surface area (Å²) in [7, 11) is 1.85. The molecule has 1 aliphatic rings. The minimum atomic E-state index is -0.254. The van der Waals surface area contributed by atoms with Crippen LogP contribution in [0.2, 0.25) is 0 Å². The first-order chi connectivity index (χ1) is 18.0. The summed E-state index contributed by atoms with van der Waals surface area (Å²) in [6.07, 6.45) is 0.996. The van der Waals surface area contributed by atoms with E-state index in [1.807, 2.05) is 62.5 Å². The van der Waals surface area contributed by atoms with E-state index in [-0.39, 0.29) is 11.8 Å². The van der Waals surface area contributed by atoms with Gasteiger partial charge in [0, 0.05) is 29.4 Å². The normalized spacial score (nSPS) is 14.2. The van der Waals surface area contributed by atoms with E-state index in [1.54, 1.807) is 6.07 Å². The summed E-state index contributed by atoms with van der Waals surface area (Å²) in [4.78, 5) is 22.4. The van der Waals surface area contributed by atoms with Gasteiger partial charge < -0.3 is 15.4 Å². The molecule has 0 fully saturated rings. The number of nitrogens with zero attached hydrogens (tertiary/aromatic N) is 3. The van der Waals surface area contributed by atoms with E-state index in [1.165, 1.54) is 17.2 Å².